The van der Waals surface area contributed by atoms with Crippen LogP contribution in [0.5, 0.6) is 5.75 Å². The molecule has 0 aliphatic carbocycles. The van der Waals surface area contributed by atoms with Gasteiger partial charge >= 0.3 is 0 Å². The Hall–Kier alpha value is -1.10. The molecule has 1 aromatic carbocycles. The fourth-order valence-corrected chi connectivity index (χ4v) is 2.20. The molecule has 19 heavy (non-hydrogen) atoms. The normalized spacial score (nSPS) is 19.3. The number of hydrogen-bond donors (Lipinski definition) is 1. The van der Waals surface area contributed by atoms with Gasteiger partial charge in [0, 0.05) is 32.7 Å². The van der Waals surface area contributed by atoms with Gasteiger partial charge in [0.2, 0.25) is 0 Å². The Morgan fingerprint density at radius 1 is 1.16 bits per heavy atom. The van der Waals surface area contributed by atoms with Crippen molar-refractivity contribution in [2.75, 3.05) is 46.4 Å². The van der Waals surface area contributed by atoms with Crippen molar-refractivity contribution in [1.82, 2.24) is 9.80 Å². The molecule has 0 radical (unpaired) electrons. The zero-order chi connectivity index (χ0) is 13.5. The van der Waals surface area contributed by atoms with Crippen molar-refractivity contribution in [2.24, 2.45) is 0 Å². The quantitative estimate of drug-likeness (QED) is 0.833. The Morgan fingerprint density at radius 2 is 1.84 bits per heavy atom. The van der Waals surface area contributed by atoms with E-state index in [0.29, 0.717) is 6.61 Å². The van der Waals surface area contributed by atoms with Gasteiger partial charge in [-0.1, -0.05) is 18.2 Å². The monoisotopic (exact) mass is 264 g/mol. The van der Waals surface area contributed by atoms with E-state index >= 15 is 0 Å². The predicted octanol–water partition coefficient (Wildman–Crippen LogP) is 1.06. The first-order chi connectivity index (χ1) is 9.24. The van der Waals surface area contributed by atoms with Gasteiger partial charge in [0.15, 0.2) is 0 Å². The van der Waals surface area contributed by atoms with Gasteiger partial charge in [0.25, 0.3) is 0 Å². The Morgan fingerprint density at radius 3 is 2.53 bits per heavy atom. The molecule has 0 saturated carbocycles. The topological polar surface area (TPSA) is 35.9 Å². The van der Waals surface area contributed by atoms with Crippen LogP contribution in [0.1, 0.15) is 6.42 Å². The highest BCUT2D eigenvalue weighted by molar-refractivity contribution is 5.20. The van der Waals surface area contributed by atoms with E-state index in [-0.39, 0.29) is 6.10 Å². The fraction of sp³-hybridized carbons (Fsp3) is 0.600. The largest absolute Gasteiger partial charge is 0.491 e. The molecule has 1 aromatic rings. The lowest BCUT2D eigenvalue weighted by molar-refractivity contribution is 0.0774. The average Bonchev–Trinajstić information content (AvgIpc) is 2.45. The van der Waals surface area contributed by atoms with Crippen molar-refractivity contribution in [3.8, 4) is 5.75 Å². The maximum Gasteiger partial charge on any atom is 0.119 e. The minimum atomic E-state index is -0.389. The Labute approximate surface area is 115 Å². The highest BCUT2D eigenvalue weighted by atomic mass is 16.5. The van der Waals surface area contributed by atoms with Crippen molar-refractivity contribution in [1.29, 1.82) is 0 Å². The van der Waals surface area contributed by atoms with Crippen LogP contribution in [0.15, 0.2) is 30.3 Å². The zero-order valence-corrected chi connectivity index (χ0v) is 11.7. The lowest BCUT2D eigenvalue weighted by Gasteiger charge is -2.32. The molecule has 1 N–H and O–H groups in total. The summed E-state index contributed by atoms with van der Waals surface area (Å²) >= 11 is 0. The van der Waals surface area contributed by atoms with Gasteiger partial charge in [0.05, 0.1) is 6.10 Å². The molecule has 1 unspecified atom stereocenters. The van der Waals surface area contributed by atoms with Crippen LogP contribution in [-0.2, 0) is 0 Å². The number of para-hydroxylation sites is 1. The molecule has 1 saturated heterocycles. The summed E-state index contributed by atoms with van der Waals surface area (Å²) in [6, 6.07) is 9.65. The molecule has 1 atom stereocenters. The van der Waals surface area contributed by atoms with E-state index in [2.05, 4.69) is 16.8 Å². The molecule has 4 heteroatoms. The van der Waals surface area contributed by atoms with Crippen LogP contribution >= 0.6 is 0 Å². The van der Waals surface area contributed by atoms with E-state index in [1.807, 2.05) is 30.3 Å². The van der Waals surface area contributed by atoms with Crippen LogP contribution in [0.4, 0.5) is 0 Å². The minimum absolute atomic E-state index is 0.373. The Balaban J connectivity index is 1.61. The van der Waals surface area contributed by atoms with Gasteiger partial charge in [-0.3, -0.25) is 0 Å². The van der Waals surface area contributed by atoms with E-state index in [0.717, 1.165) is 44.9 Å². The summed E-state index contributed by atoms with van der Waals surface area (Å²) in [5, 5.41) is 9.93. The number of aliphatic hydroxyl groups excluding tert-OH is 1. The second-order valence-electron chi connectivity index (χ2n) is 5.21. The van der Waals surface area contributed by atoms with E-state index < -0.39 is 0 Å². The van der Waals surface area contributed by atoms with Crippen LogP contribution in [0, 0.1) is 0 Å². The summed E-state index contributed by atoms with van der Waals surface area (Å²) in [4.78, 5) is 4.75. The Kier molecular flexibility index (Phi) is 5.63. The minimum Gasteiger partial charge on any atom is -0.491 e. The summed E-state index contributed by atoms with van der Waals surface area (Å²) in [7, 11) is 2.15. The van der Waals surface area contributed by atoms with Gasteiger partial charge in [-0.2, -0.15) is 0 Å². The molecular weight excluding hydrogens is 240 g/mol. The van der Waals surface area contributed by atoms with E-state index in [9.17, 15) is 5.11 Å². The number of piperazine rings is 1. The second-order valence-corrected chi connectivity index (χ2v) is 5.21. The van der Waals surface area contributed by atoms with Gasteiger partial charge in [0.1, 0.15) is 12.4 Å². The van der Waals surface area contributed by atoms with Crippen molar-refractivity contribution >= 4 is 0 Å². The van der Waals surface area contributed by atoms with Crippen LogP contribution in [0.2, 0.25) is 0 Å². The number of rotatable bonds is 6. The Bertz CT molecular complexity index is 350. The van der Waals surface area contributed by atoms with Crippen LogP contribution in [0.3, 0.4) is 0 Å². The number of benzene rings is 1. The maximum atomic E-state index is 9.93. The second kappa shape index (κ2) is 7.48. The van der Waals surface area contributed by atoms with Gasteiger partial charge in [-0.25, -0.2) is 0 Å². The molecule has 0 amide bonds. The highest BCUT2D eigenvalue weighted by Gasteiger charge is 2.15. The summed E-state index contributed by atoms with van der Waals surface area (Å²) in [6.07, 6.45) is 0.385. The van der Waals surface area contributed by atoms with Crippen LogP contribution in [-0.4, -0.2) is 67.4 Å². The molecule has 0 bridgehead atoms. The summed E-state index contributed by atoms with van der Waals surface area (Å²) in [6.45, 7) is 5.77. The third kappa shape index (κ3) is 5.19. The standard InChI is InChI=1S/C15H24N2O2/c1-16-9-11-17(12-10-16)8-7-14(18)13-19-15-5-3-2-4-6-15/h2-6,14,18H,7-13H2,1H3. The zero-order valence-electron chi connectivity index (χ0n) is 11.7. The number of aliphatic hydroxyl groups is 1. The molecule has 1 fully saturated rings. The van der Waals surface area contributed by atoms with E-state index in [1.165, 1.54) is 0 Å². The molecule has 0 spiro atoms. The van der Waals surface area contributed by atoms with Crippen molar-refractivity contribution < 1.29 is 9.84 Å². The maximum absolute atomic E-state index is 9.93. The first-order valence-electron chi connectivity index (χ1n) is 7.01. The third-order valence-corrected chi connectivity index (χ3v) is 3.56. The molecular formula is C15H24N2O2. The number of nitrogens with zero attached hydrogens (tertiary/aromatic N) is 2. The summed E-state index contributed by atoms with van der Waals surface area (Å²) in [5.41, 5.74) is 0. The molecule has 106 valence electrons. The van der Waals surface area contributed by atoms with E-state index in [1.54, 1.807) is 0 Å². The van der Waals surface area contributed by atoms with Crippen LogP contribution in [0.25, 0.3) is 0 Å². The smallest absolute Gasteiger partial charge is 0.119 e. The molecule has 2 rings (SSSR count). The van der Waals surface area contributed by atoms with Gasteiger partial charge in [-0.05, 0) is 25.6 Å². The van der Waals surface area contributed by atoms with E-state index in [4.69, 9.17) is 4.74 Å². The molecule has 0 aromatic heterocycles. The number of hydrogen-bond acceptors (Lipinski definition) is 4. The van der Waals surface area contributed by atoms with Gasteiger partial charge < -0.3 is 19.6 Å². The van der Waals surface area contributed by atoms with Crippen molar-refractivity contribution in [3.05, 3.63) is 30.3 Å². The van der Waals surface area contributed by atoms with Crippen molar-refractivity contribution in [2.45, 2.75) is 12.5 Å². The molecule has 1 heterocycles. The first kappa shape index (κ1) is 14.3. The molecule has 1 aliphatic heterocycles. The number of likely N-dealkylation sites (N-methyl/N-ethyl adjacent to an activating group) is 1. The first-order valence-corrected chi connectivity index (χ1v) is 7.01. The number of ether oxygens (including phenoxy) is 1. The lowest BCUT2D eigenvalue weighted by Crippen LogP contribution is -2.45. The lowest BCUT2D eigenvalue weighted by atomic mass is 10.2. The van der Waals surface area contributed by atoms with Crippen molar-refractivity contribution in [3.63, 3.8) is 0 Å². The molecule has 1 aliphatic rings. The fourth-order valence-electron chi connectivity index (χ4n) is 2.20. The summed E-state index contributed by atoms with van der Waals surface area (Å²) in [5.74, 6) is 0.821. The average molecular weight is 264 g/mol. The van der Waals surface area contributed by atoms with Crippen LogP contribution < -0.4 is 4.74 Å². The predicted molar refractivity (Wildman–Crippen MR) is 76.5 cm³/mol. The third-order valence-electron chi connectivity index (χ3n) is 3.56. The highest BCUT2D eigenvalue weighted by Crippen LogP contribution is 2.09. The SMILES string of the molecule is CN1CCN(CCC(O)COc2ccccc2)CC1. The van der Waals surface area contributed by atoms with Gasteiger partial charge in [-0.15, -0.1) is 0 Å². The summed E-state index contributed by atoms with van der Waals surface area (Å²) < 4.78 is 5.55. The molecule has 4 nitrogen and oxygen atoms in total.